The van der Waals surface area contributed by atoms with Crippen molar-refractivity contribution in [3.63, 3.8) is 0 Å². The number of morpholine rings is 1. The minimum absolute atomic E-state index is 0.0862. The van der Waals surface area contributed by atoms with Crippen molar-refractivity contribution in [1.82, 2.24) is 14.8 Å². The van der Waals surface area contributed by atoms with E-state index in [2.05, 4.69) is 9.88 Å². The third-order valence-electron chi connectivity index (χ3n) is 4.90. The molecule has 23 heavy (non-hydrogen) atoms. The zero-order valence-electron chi connectivity index (χ0n) is 13.3. The van der Waals surface area contributed by atoms with E-state index in [1.54, 1.807) is 6.26 Å². The number of carbonyl (C=O) groups excluding carboxylic acids is 1. The summed E-state index contributed by atoms with van der Waals surface area (Å²) < 4.78 is 10.7. The molecule has 0 aromatic carbocycles. The lowest BCUT2D eigenvalue weighted by Crippen LogP contribution is -2.46. The second-order valence-corrected chi connectivity index (χ2v) is 6.55. The van der Waals surface area contributed by atoms with Crippen LogP contribution in [-0.4, -0.2) is 66.6 Å². The number of amides is 1. The summed E-state index contributed by atoms with van der Waals surface area (Å²) in [5.74, 6) is 0.645. The maximum absolute atomic E-state index is 12.7. The van der Waals surface area contributed by atoms with E-state index in [-0.39, 0.29) is 5.91 Å². The molecule has 0 radical (unpaired) electrons. The predicted octanol–water partition coefficient (Wildman–Crippen LogP) is 1.95. The quantitative estimate of drug-likeness (QED) is 0.940. The molecule has 124 valence electrons. The fourth-order valence-corrected chi connectivity index (χ4v) is 3.68. The van der Waals surface area contributed by atoms with Crippen LogP contribution in [0.15, 0.2) is 22.8 Å². The van der Waals surface area contributed by atoms with Crippen LogP contribution < -0.4 is 0 Å². The summed E-state index contributed by atoms with van der Waals surface area (Å²) in [6.07, 6.45) is 3.92. The molecule has 0 unspecified atom stereocenters. The average Bonchev–Trinajstić information content (AvgIpc) is 3.17. The zero-order valence-corrected chi connectivity index (χ0v) is 13.3. The molecule has 2 aromatic rings. The highest BCUT2D eigenvalue weighted by Gasteiger charge is 2.27. The van der Waals surface area contributed by atoms with Crippen LogP contribution in [0.5, 0.6) is 0 Å². The highest BCUT2D eigenvalue weighted by molar-refractivity contribution is 5.96. The summed E-state index contributed by atoms with van der Waals surface area (Å²) in [6, 6.07) is 3.66. The summed E-state index contributed by atoms with van der Waals surface area (Å²) in [6.45, 7) is 6.44. The molecule has 0 bridgehead atoms. The Bertz CT molecular complexity index is 643. The van der Waals surface area contributed by atoms with Gasteiger partial charge in [-0.1, -0.05) is 0 Å². The molecule has 2 fully saturated rings. The number of hydrogen-bond donors (Lipinski definition) is 1. The van der Waals surface area contributed by atoms with Gasteiger partial charge in [0.25, 0.3) is 5.91 Å². The van der Waals surface area contributed by atoms with E-state index in [4.69, 9.17) is 9.15 Å². The zero-order chi connectivity index (χ0) is 15.6. The predicted molar refractivity (Wildman–Crippen MR) is 86.5 cm³/mol. The average molecular weight is 317 g/mol. The first-order valence-corrected chi connectivity index (χ1v) is 8.45. The maximum Gasteiger partial charge on any atom is 0.270 e. The third-order valence-corrected chi connectivity index (χ3v) is 4.90. The summed E-state index contributed by atoms with van der Waals surface area (Å²) in [5.41, 5.74) is 2.26. The standard InChI is InChI=1S/C17H23N3O3/c21-17(15-10-16-14(18-15)3-7-23-16)20-4-1-2-13(12-20)11-19-5-8-22-9-6-19/h3,7,10,13,18H,1-2,4-6,8-9,11-12H2/t13-/m1/s1. The molecule has 6 heteroatoms. The van der Waals surface area contributed by atoms with E-state index in [0.717, 1.165) is 63.5 Å². The van der Waals surface area contributed by atoms with E-state index in [1.165, 1.54) is 6.42 Å². The van der Waals surface area contributed by atoms with Crippen molar-refractivity contribution in [3.8, 4) is 0 Å². The largest absolute Gasteiger partial charge is 0.463 e. The van der Waals surface area contributed by atoms with Crippen molar-refractivity contribution in [2.24, 2.45) is 5.92 Å². The number of H-pyrrole nitrogens is 1. The van der Waals surface area contributed by atoms with Crippen LogP contribution in [0.1, 0.15) is 23.3 Å². The summed E-state index contributed by atoms with van der Waals surface area (Å²) >= 11 is 0. The van der Waals surface area contributed by atoms with E-state index in [9.17, 15) is 4.79 Å². The first-order chi connectivity index (χ1) is 11.3. The molecule has 4 rings (SSSR count). The number of nitrogens with one attached hydrogen (secondary N) is 1. The van der Waals surface area contributed by atoms with Crippen molar-refractivity contribution in [1.29, 1.82) is 0 Å². The van der Waals surface area contributed by atoms with Gasteiger partial charge in [-0.3, -0.25) is 9.69 Å². The SMILES string of the molecule is O=C(c1cc2occc2[nH]1)N1CCC[C@H](CN2CCOCC2)C1. The van der Waals surface area contributed by atoms with Crippen molar-refractivity contribution in [3.05, 3.63) is 24.1 Å². The van der Waals surface area contributed by atoms with Gasteiger partial charge in [-0.15, -0.1) is 0 Å². The second-order valence-electron chi connectivity index (χ2n) is 6.55. The van der Waals surface area contributed by atoms with Gasteiger partial charge in [0.2, 0.25) is 0 Å². The van der Waals surface area contributed by atoms with Gasteiger partial charge in [-0.2, -0.15) is 0 Å². The van der Waals surface area contributed by atoms with Crippen molar-refractivity contribution in [2.75, 3.05) is 45.9 Å². The molecule has 0 aliphatic carbocycles. The first-order valence-electron chi connectivity index (χ1n) is 8.45. The fraction of sp³-hybridized carbons (Fsp3) is 0.588. The Balaban J connectivity index is 1.39. The summed E-state index contributed by atoms with van der Waals surface area (Å²) in [5, 5.41) is 0. The molecular formula is C17H23N3O3. The molecule has 0 spiro atoms. The van der Waals surface area contributed by atoms with Crippen LogP contribution in [0.3, 0.4) is 0 Å². The number of aromatic amines is 1. The molecule has 1 N–H and O–H groups in total. The van der Waals surface area contributed by atoms with E-state index in [1.807, 2.05) is 17.0 Å². The number of rotatable bonds is 3. The molecule has 2 aliphatic rings. The van der Waals surface area contributed by atoms with Crippen LogP contribution in [-0.2, 0) is 4.74 Å². The lowest BCUT2D eigenvalue weighted by molar-refractivity contribution is 0.0223. The number of piperidine rings is 1. The Labute approximate surface area is 135 Å². The highest BCUT2D eigenvalue weighted by atomic mass is 16.5. The van der Waals surface area contributed by atoms with Gasteiger partial charge in [0.15, 0.2) is 5.58 Å². The number of fused-ring (bicyclic) bond motifs is 1. The number of hydrogen-bond acceptors (Lipinski definition) is 4. The van der Waals surface area contributed by atoms with E-state index >= 15 is 0 Å². The molecule has 1 amide bonds. The van der Waals surface area contributed by atoms with Gasteiger partial charge in [-0.05, 0) is 18.8 Å². The molecule has 0 saturated carbocycles. The molecule has 6 nitrogen and oxygen atoms in total. The number of aromatic nitrogens is 1. The Morgan fingerprint density at radius 3 is 3.00 bits per heavy atom. The first kappa shape index (κ1) is 14.8. The van der Waals surface area contributed by atoms with Crippen LogP contribution >= 0.6 is 0 Å². The van der Waals surface area contributed by atoms with Crippen LogP contribution in [0.25, 0.3) is 11.1 Å². The van der Waals surface area contributed by atoms with Gasteiger partial charge in [0.1, 0.15) is 5.69 Å². The smallest absolute Gasteiger partial charge is 0.270 e. The molecule has 2 saturated heterocycles. The Morgan fingerprint density at radius 2 is 2.17 bits per heavy atom. The highest BCUT2D eigenvalue weighted by Crippen LogP contribution is 2.22. The maximum atomic E-state index is 12.7. The van der Waals surface area contributed by atoms with Gasteiger partial charge in [0, 0.05) is 44.9 Å². The van der Waals surface area contributed by atoms with Crippen LogP contribution in [0.4, 0.5) is 0 Å². The minimum Gasteiger partial charge on any atom is -0.463 e. The van der Waals surface area contributed by atoms with Gasteiger partial charge in [0.05, 0.1) is 25.0 Å². The van der Waals surface area contributed by atoms with Gasteiger partial charge in [-0.25, -0.2) is 0 Å². The molecule has 2 aliphatic heterocycles. The monoisotopic (exact) mass is 317 g/mol. The number of ether oxygens (including phenoxy) is 1. The minimum atomic E-state index is 0.0862. The lowest BCUT2D eigenvalue weighted by Gasteiger charge is -2.36. The second kappa shape index (κ2) is 6.37. The molecule has 4 heterocycles. The lowest BCUT2D eigenvalue weighted by atomic mass is 9.97. The Kier molecular flexibility index (Phi) is 4.10. The molecule has 1 atom stereocenters. The third kappa shape index (κ3) is 3.14. The van der Waals surface area contributed by atoms with E-state index < -0.39 is 0 Å². The number of furan rings is 1. The van der Waals surface area contributed by atoms with Crippen molar-refractivity contribution in [2.45, 2.75) is 12.8 Å². The summed E-state index contributed by atoms with van der Waals surface area (Å²) in [4.78, 5) is 20.3. The Hall–Kier alpha value is -1.79. The van der Waals surface area contributed by atoms with Crippen LogP contribution in [0, 0.1) is 5.92 Å². The summed E-state index contributed by atoms with van der Waals surface area (Å²) in [7, 11) is 0. The number of nitrogens with zero attached hydrogens (tertiary/aromatic N) is 2. The topological polar surface area (TPSA) is 61.7 Å². The number of carbonyl (C=O) groups is 1. The Morgan fingerprint density at radius 1 is 1.30 bits per heavy atom. The van der Waals surface area contributed by atoms with Crippen LogP contribution in [0.2, 0.25) is 0 Å². The molecular weight excluding hydrogens is 294 g/mol. The normalized spacial score (nSPS) is 23.5. The van der Waals surface area contributed by atoms with Gasteiger partial charge >= 0.3 is 0 Å². The van der Waals surface area contributed by atoms with E-state index in [0.29, 0.717) is 11.6 Å². The van der Waals surface area contributed by atoms with Crippen molar-refractivity contribution < 1.29 is 13.9 Å². The van der Waals surface area contributed by atoms with Crippen molar-refractivity contribution >= 4 is 17.0 Å². The number of likely N-dealkylation sites (tertiary alicyclic amines) is 1. The molecule has 2 aromatic heterocycles. The van der Waals surface area contributed by atoms with Gasteiger partial charge < -0.3 is 19.0 Å². The fourth-order valence-electron chi connectivity index (χ4n) is 3.68.